The van der Waals surface area contributed by atoms with Crippen LogP contribution in [0.4, 0.5) is 5.95 Å². The number of carbonyl (C=O) groups is 1. The zero-order valence-electron chi connectivity index (χ0n) is 12.9. The predicted octanol–water partition coefficient (Wildman–Crippen LogP) is 2.51. The molecule has 1 amide bonds. The van der Waals surface area contributed by atoms with Gasteiger partial charge in [-0.15, -0.1) is 0 Å². The summed E-state index contributed by atoms with van der Waals surface area (Å²) in [4.78, 5) is 20.2. The van der Waals surface area contributed by atoms with Crippen LogP contribution in [-0.2, 0) is 11.3 Å². The number of anilines is 1. The van der Waals surface area contributed by atoms with Crippen molar-refractivity contribution >= 4 is 23.5 Å². The standard InChI is InChI=1S/C16H19ClN4O2/c1-23-8-2-7-18-15(22)13-10-20-16(21-11-13)19-9-12-3-5-14(17)6-4-12/h3-6,10-11H,2,7-9H2,1H3,(H,18,22)(H,19,20,21). The van der Waals surface area contributed by atoms with Crippen LogP contribution in [0.15, 0.2) is 36.7 Å². The zero-order chi connectivity index (χ0) is 16.5. The lowest BCUT2D eigenvalue weighted by Gasteiger charge is -2.07. The van der Waals surface area contributed by atoms with Gasteiger partial charge in [0.15, 0.2) is 0 Å². The van der Waals surface area contributed by atoms with Crippen molar-refractivity contribution in [3.05, 3.63) is 52.8 Å². The number of hydrogen-bond acceptors (Lipinski definition) is 5. The lowest BCUT2D eigenvalue weighted by molar-refractivity contribution is 0.0948. The molecule has 1 heterocycles. The third-order valence-electron chi connectivity index (χ3n) is 3.09. The van der Waals surface area contributed by atoms with Crippen molar-refractivity contribution in [3.63, 3.8) is 0 Å². The molecule has 0 bridgehead atoms. The summed E-state index contributed by atoms with van der Waals surface area (Å²) in [6, 6.07) is 7.52. The Hall–Kier alpha value is -2.18. The maximum atomic E-state index is 11.9. The van der Waals surface area contributed by atoms with Crippen LogP contribution in [0.5, 0.6) is 0 Å². The summed E-state index contributed by atoms with van der Waals surface area (Å²) in [7, 11) is 1.63. The van der Waals surface area contributed by atoms with Crippen molar-refractivity contribution in [3.8, 4) is 0 Å². The van der Waals surface area contributed by atoms with Gasteiger partial charge in [0.05, 0.1) is 5.56 Å². The Kier molecular flexibility index (Phi) is 6.77. The molecule has 0 aliphatic heterocycles. The van der Waals surface area contributed by atoms with E-state index in [9.17, 15) is 4.79 Å². The van der Waals surface area contributed by atoms with Crippen LogP contribution < -0.4 is 10.6 Å². The molecule has 1 aromatic heterocycles. The van der Waals surface area contributed by atoms with Gasteiger partial charge < -0.3 is 15.4 Å². The van der Waals surface area contributed by atoms with E-state index in [4.69, 9.17) is 16.3 Å². The Balaban J connectivity index is 1.81. The van der Waals surface area contributed by atoms with Crippen molar-refractivity contribution in [2.75, 3.05) is 25.6 Å². The number of hydrogen-bond donors (Lipinski definition) is 2. The van der Waals surface area contributed by atoms with Gasteiger partial charge in [-0.25, -0.2) is 9.97 Å². The molecule has 2 rings (SSSR count). The van der Waals surface area contributed by atoms with Gasteiger partial charge in [0, 0.05) is 44.2 Å². The Morgan fingerprint density at radius 2 is 1.91 bits per heavy atom. The summed E-state index contributed by atoms with van der Waals surface area (Å²) in [6.07, 6.45) is 3.77. The van der Waals surface area contributed by atoms with Gasteiger partial charge in [-0.1, -0.05) is 23.7 Å². The van der Waals surface area contributed by atoms with E-state index in [0.29, 0.717) is 36.2 Å². The zero-order valence-corrected chi connectivity index (χ0v) is 13.6. The van der Waals surface area contributed by atoms with E-state index in [1.807, 2.05) is 24.3 Å². The number of aromatic nitrogens is 2. The minimum Gasteiger partial charge on any atom is -0.385 e. The fourth-order valence-corrected chi connectivity index (χ4v) is 1.97. The molecule has 7 heteroatoms. The SMILES string of the molecule is COCCCNC(=O)c1cnc(NCc2ccc(Cl)cc2)nc1. The maximum absolute atomic E-state index is 11.9. The minimum absolute atomic E-state index is 0.189. The predicted molar refractivity (Wildman–Crippen MR) is 89.6 cm³/mol. The Bertz CT molecular complexity index is 617. The van der Waals surface area contributed by atoms with Crippen LogP contribution in [0, 0.1) is 0 Å². The van der Waals surface area contributed by atoms with E-state index >= 15 is 0 Å². The van der Waals surface area contributed by atoms with Crippen molar-refractivity contribution in [2.45, 2.75) is 13.0 Å². The smallest absolute Gasteiger partial charge is 0.254 e. The van der Waals surface area contributed by atoms with Gasteiger partial charge in [0.2, 0.25) is 5.95 Å². The molecule has 2 N–H and O–H groups in total. The summed E-state index contributed by atoms with van der Waals surface area (Å²) in [5, 5.41) is 6.58. The van der Waals surface area contributed by atoms with Crippen LogP contribution in [0.3, 0.4) is 0 Å². The fraction of sp³-hybridized carbons (Fsp3) is 0.312. The summed E-state index contributed by atoms with van der Waals surface area (Å²) in [5.41, 5.74) is 1.50. The molecule has 0 unspecified atom stereocenters. The van der Waals surface area contributed by atoms with Gasteiger partial charge in [-0.2, -0.15) is 0 Å². The summed E-state index contributed by atoms with van der Waals surface area (Å²) in [6.45, 7) is 1.76. The van der Waals surface area contributed by atoms with Crippen LogP contribution in [0.25, 0.3) is 0 Å². The van der Waals surface area contributed by atoms with Gasteiger partial charge in [-0.3, -0.25) is 4.79 Å². The molecule has 0 radical (unpaired) electrons. The third kappa shape index (κ3) is 5.84. The van der Waals surface area contributed by atoms with Crippen LogP contribution in [-0.4, -0.2) is 36.1 Å². The highest BCUT2D eigenvalue weighted by Crippen LogP contribution is 2.10. The van der Waals surface area contributed by atoms with Crippen molar-refractivity contribution in [1.82, 2.24) is 15.3 Å². The number of nitrogens with zero attached hydrogens (tertiary/aromatic N) is 2. The van der Waals surface area contributed by atoms with Crippen molar-refractivity contribution in [1.29, 1.82) is 0 Å². The summed E-state index contributed by atoms with van der Waals surface area (Å²) < 4.78 is 4.92. The fourth-order valence-electron chi connectivity index (χ4n) is 1.84. The molecule has 0 saturated heterocycles. The first-order valence-corrected chi connectivity index (χ1v) is 7.64. The monoisotopic (exact) mass is 334 g/mol. The number of benzene rings is 1. The maximum Gasteiger partial charge on any atom is 0.254 e. The Labute approximate surface area is 140 Å². The van der Waals surface area contributed by atoms with Gasteiger partial charge in [0.1, 0.15) is 0 Å². The number of carbonyl (C=O) groups excluding carboxylic acids is 1. The number of rotatable bonds is 8. The molecule has 6 nitrogen and oxygen atoms in total. The first-order chi connectivity index (χ1) is 11.2. The number of amides is 1. The minimum atomic E-state index is -0.189. The highest BCUT2D eigenvalue weighted by atomic mass is 35.5. The van der Waals surface area contributed by atoms with Crippen LogP contribution >= 0.6 is 11.6 Å². The second-order valence-corrected chi connectivity index (χ2v) is 5.31. The molecular weight excluding hydrogens is 316 g/mol. The largest absolute Gasteiger partial charge is 0.385 e. The van der Waals surface area contributed by atoms with E-state index < -0.39 is 0 Å². The van der Waals surface area contributed by atoms with Gasteiger partial charge >= 0.3 is 0 Å². The highest BCUT2D eigenvalue weighted by Gasteiger charge is 2.06. The Morgan fingerprint density at radius 3 is 2.57 bits per heavy atom. The normalized spacial score (nSPS) is 10.3. The lowest BCUT2D eigenvalue weighted by Crippen LogP contribution is -2.25. The lowest BCUT2D eigenvalue weighted by atomic mass is 10.2. The topological polar surface area (TPSA) is 76.1 Å². The van der Waals surface area contributed by atoms with Crippen molar-refractivity contribution < 1.29 is 9.53 Å². The average molecular weight is 335 g/mol. The van der Waals surface area contributed by atoms with Gasteiger partial charge in [0.25, 0.3) is 5.91 Å². The third-order valence-corrected chi connectivity index (χ3v) is 3.34. The van der Waals surface area contributed by atoms with E-state index in [0.717, 1.165) is 12.0 Å². The number of nitrogens with one attached hydrogen (secondary N) is 2. The molecular formula is C16H19ClN4O2. The second kappa shape index (κ2) is 9.07. The molecule has 0 fully saturated rings. The summed E-state index contributed by atoms with van der Waals surface area (Å²) in [5.74, 6) is 0.279. The molecule has 0 atom stereocenters. The van der Waals surface area contributed by atoms with E-state index in [2.05, 4.69) is 20.6 Å². The van der Waals surface area contributed by atoms with Crippen LogP contribution in [0.2, 0.25) is 5.02 Å². The average Bonchev–Trinajstić information content (AvgIpc) is 2.58. The quantitative estimate of drug-likeness (QED) is 0.725. The molecule has 0 spiro atoms. The summed E-state index contributed by atoms with van der Waals surface area (Å²) >= 11 is 5.84. The molecule has 1 aromatic carbocycles. The van der Waals surface area contributed by atoms with Gasteiger partial charge in [-0.05, 0) is 24.1 Å². The molecule has 2 aromatic rings. The van der Waals surface area contributed by atoms with E-state index in [1.165, 1.54) is 12.4 Å². The second-order valence-electron chi connectivity index (χ2n) is 4.88. The number of halogens is 1. The van der Waals surface area contributed by atoms with E-state index in [-0.39, 0.29) is 5.91 Å². The molecule has 122 valence electrons. The Morgan fingerprint density at radius 1 is 1.22 bits per heavy atom. The molecule has 0 aliphatic carbocycles. The first kappa shape index (κ1) is 17.2. The van der Waals surface area contributed by atoms with Crippen LogP contribution in [0.1, 0.15) is 22.3 Å². The number of methoxy groups -OCH3 is 1. The molecule has 0 saturated carbocycles. The number of ether oxygens (including phenoxy) is 1. The van der Waals surface area contributed by atoms with Crippen molar-refractivity contribution in [2.24, 2.45) is 0 Å². The highest BCUT2D eigenvalue weighted by molar-refractivity contribution is 6.30. The first-order valence-electron chi connectivity index (χ1n) is 7.26. The molecule has 0 aliphatic rings. The molecule has 23 heavy (non-hydrogen) atoms. The van der Waals surface area contributed by atoms with E-state index in [1.54, 1.807) is 7.11 Å².